The van der Waals surface area contributed by atoms with Crippen molar-refractivity contribution in [2.24, 2.45) is 49.4 Å². The van der Waals surface area contributed by atoms with Gasteiger partial charge < -0.3 is 221 Å². The number of nitriles is 1. The maximum Gasteiger partial charge on any atom is 0.348 e. The van der Waals surface area contributed by atoms with Crippen molar-refractivity contribution >= 4 is 29.7 Å². The lowest BCUT2D eigenvalue weighted by atomic mass is 9.95. The van der Waals surface area contributed by atoms with Crippen molar-refractivity contribution in [3.63, 3.8) is 0 Å². The first-order valence-corrected chi connectivity index (χ1v) is 34.3. The van der Waals surface area contributed by atoms with E-state index in [1.54, 1.807) is 6.07 Å². The zero-order valence-electron chi connectivity index (χ0n) is 58.3. The van der Waals surface area contributed by atoms with E-state index in [0.717, 1.165) is 32.2 Å². The van der Waals surface area contributed by atoms with Crippen LogP contribution in [0.15, 0.2) is 15.0 Å². The van der Waals surface area contributed by atoms with Crippen molar-refractivity contribution in [1.29, 1.82) is 5.26 Å². The van der Waals surface area contributed by atoms with E-state index in [-0.39, 0.29) is 49.1 Å². The predicted molar refractivity (Wildman–Crippen MR) is 347 cm³/mol. The molecule has 0 aliphatic carbocycles. The van der Waals surface area contributed by atoms with Gasteiger partial charge in [-0.1, -0.05) is 12.8 Å². The van der Waals surface area contributed by atoms with Gasteiger partial charge in [0.05, 0.1) is 79.0 Å². The van der Waals surface area contributed by atoms with Gasteiger partial charge in [-0.05, 0) is 12.8 Å². The third-order valence-electron chi connectivity index (χ3n) is 18.2. The number of nitrogens with one attached hydrogen (secondary N) is 4. The lowest BCUT2D eigenvalue weighted by Crippen LogP contribution is -3.00. The molecule has 51 heteroatoms. The Labute approximate surface area is 633 Å². The number of halogens is 2. The zero-order chi connectivity index (χ0) is 78.7. The molecule has 0 amide bonds. The van der Waals surface area contributed by atoms with Gasteiger partial charge in [-0.15, -0.1) is 0 Å². The quantitative estimate of drug-likeness (QED) is 0.0324. The van der Waals surface area contributed by atoms with E-state index in [9.17, 15) is 107 Å². The van der Waals surface area contributed by atoms with Gasteiger partial charge in [-0.25, -0.2) is 20.6 Å². The maximum absolute atomic E-state index is 11.3. The Bertz CT molecular complexity index is 2520. The van der Waals surface area contributed by atoms with Crippen LogP contribution in [-0.4, -0.2) is 437 Å². The molecule has 37 N–H and O–H groups in total. The Morgan fingerprint density at radius 1 is 0.312 bits per heavy atom. The van der Waals surface area contributed by atoms with Crippen LogP contribution in [0, 0.1) is 11.3 Å². The number of aliphatic imine (C=N–C) groups is 3. The summed E-state index contributed by atoms with van der Waals surface area (Å²) in [6.07, 6.45) is -66.3. The topological polar surface area (TPSA) is 823 Å². The second-order valence-corrected chi connectivity index (χ2v) is 25.7. The Hall–Kier alpha value is -4.42. The number of ether oxygens (including phenoxy) is 14. The molecular weight excluding hydrogens is 1520 g/mol. The first-order chi connectivity index (χ1) is 51.0. The van der Waals surface area contributed by atoms with Gasteiger partial charge in [-0.3, -0.25) is 26.4 Å². The van der Waals surface area contributed by atoms with Gasteiger partial charge in [-0.2, -0.15) is 5.26 Å². The Kier molecular flexibility index (Phi) is 39.8. The molecule has 0 unspecified atom stereocenters. The Morgan fingerprint density at radius 2 is 0.514 bits per heavy atom. The number of rotatable bonds is 19. The molecule has 0 radical (unpaired) electrons. The highest BCUT2D eigenvalue weighted by Gasteiger charge is 2.60. The highest BCUT2D eigenvalue weighted by Crippen LogP contribution is 2.39. The van der Waals surface area contributed by atoms with Gasteiger partial charge >= 0.3 is 11.9 Å². The molecule has 21 heterocycles. The minimum atomic E-state index is -2.21. The van der Waals surface area contributed by atoms with E-state index in [0.29, 0.717) is 38.1 Å². The third-order valence-corrected chi connectivity index (χ3v) is 18.2. The average Bonchev–Trinajstić information content (AvgIpc) is 0.798. The number of aliphatic hydroxyl groups is 21. The fourth-order valence-corrected chi connectivity index (χ4v) is 12.5. The van der Waals surface area contributed by atoms with Crippen molar-refractivity contribution < 1.29 is 208 Å². The summed E-state index contributed by atoms with van der Waals surface area (Å²) in [6, 6.07) is 1.72. The molecular formula is C58H106Cl2N14O35. The number of unbranched alkanes of at least 4 members (excludes halogenated alkanes) is 3. The molecule has 21 rings (SSSR count). The molecule has 0 aromatic heterocycles. The number of aliphatic hydroxyl groups excluding tert-OH is 21. The number of hydrogen-bond donors (Lipinski definition) is 31. The monoisotopic (exact) mass is 1630 g/mol. The summed E-state index contributed by atoms with van der Waals surface area (Å²) < 4.78 is 79.5. The molecule has 21 fully saturated rings. The van der Waals surface area contributed by atoms with Crippen molar-refractivity contribution in [2.45, 2.75) is 241 Å². The van der Waals surface area contributed by atoms with E-state index >= 15 is 0 Å². The van der Waals surface area contributed by atoms with E-state index in [4.69, 9.17) is 106 Å². The zero-order valence-corrected chi connectivity index (χ0v) is 59.9. The van der Waals surface area contributed by atoms with Gasteiger partial charge in [0.15, 0.2) is 49.9 Å². The van der Waals surface area contributed by atoms with E-state index in [2.05, 4.69) is 35.6 Å². The molecule has 0 aromatic rings. The van der Waals surface area contributed by atoms with Gasteiger partial charge in [0.1, 0.15) is 177 Å². The first kappa shape index (κ1) is 95.2. The van der Waals surface area contributed by atoms with Crippen LogP contribution in [0.2, 0.25) is 0 Å². The molecule has 14 bridgehead atoms. The minimum absolute atomic E-state index is 0. The summed E-state index contributed by atoms with van der Waals surface area (Å²) in [6.45, 7) is -4.45. The predicted octanol–water partition coefficient (Wildman–Crippen LogP) is -28.2. The lowest BCUT2D eigenvalue weighted by molar-refractivity contribution is -0.463. The second kappa shape index (κ2) is 45.6. The lowest BCUT2D eigenvalue weighted by Gasteiger charge is -2.50. The van der Waals surface area contributed by atoms with Crippen LogP contribution in [0.4, 0.5) is 0 Å². The highest BCUT2D eigenvalue weighted by molar-refractivity contribution is 5.95. The van der Waals surface area contributed by atoms with Crippen LogP contribution in [0.25, 0.3) is 0 Å². The standard InChI is InChI=1S/C42H70O35.C16H34N14.2ClH/c43-1-8-29-15(50)22(57)36(64-8)72-30-9(2-44)66-38(24(59)17(30)52)74-32-11(4-46)68-40(26(61)19(32)54)76-34-13(6-48)70-42(28(63)21(34)56)77-35-14(7-49)69-41(27(62)20(35)55)75-33-12(5-47)67-39(25(60)18(33)53)73-31-10(3-45)65-37(71-29)23(58)16(31)51;17-5-8-27-15(22)29-13(20)25-6-3-1-2-4-7-26-14(21)30-16(23)28-10-9-24-12(19)11-18;;/h8-63H,1-7H2;1-10,17H2,(H2,19,24)(H5,20,22,25,27,29)(H5,21,23,26,28,30);2*1H/t8-,9-,10-,11-,12-,13-,14-,15-,16-,17-,18-,19-,20-,21-,22-,23-,24-,25-,26-,27-,28-,29-,30-,31-,32-,33-,34-,35-,36-,37-,38-,39-,40-,41-,42-;;;/m1.../s1. The van der Waals surface area contributed by atoms with Crippen molar-refractivity contribution in [2.75, 3.05) is 85.5 Å². The van der Waals surface area contributed by atoms with Crippen molar-refractivity contribution in [3.05, 3.63) is 0 Å². The third kappa shape index (κ3) is 24.3. The SMILES string of the molecule is N#CC(N)=NCCN=C(N)NC(N)=[NH+]CCCCCC[NH+]=C(N)NC(N)=NCCN.OC[C@H]1O[C@@H]2O[C@H]3[C@H](O)[C@@H](O)[C@@H](O[C@H]4[C@H](O)[C@@H](O)[C@@H](O[C@H]5[C@H](O)[C@@H](O)[C@@H](O[C@H]6[C@H](O)[C@@H](O)[C@@H](O[C@H]7[C@H](O)[C@@H](O)[C@@H](O[C@H]8[C@H](O)[C@@H](O)[C@@H](O[C@H]1[C@H](O)[C@H]2O)O[C@@H]8CO)O[C@@H]7CO)O[C@@H]6CO)O[C@@H]5CO)O[C@@H]4CO)O[C@@H]3CO.[Cl-].[Cl-]. The fraction of sp³-hybridized carbons (Fsp3) is 0.897. The molecule has 49 nitrogen and oxygen atoms in total. The van der Waals surface area contributed by atoms with E-state index < -0.39 is 261 Å². The van der Waals surface area contributed by atoms with Crippen LogP contribution in [0.5, 0.6) is 0 Å². The fourth-order valence-electron chi connectivity index (χ4n) is 12.5. The maximum atomic E-state index is 11.3. The Morgan fingerprint density at radius 3 is 0.706 bits per heavy atom. The molecule has 0 spiro atoms. The molecule has 21 saturated heterocycles. The summed E-state index contributed by atoms with van der Waals surface area (Å²) in [5, 5.41) is 244. The van der Waals surface area contributed by atoms with Gasteiger partial charge in [0, 0.05) is 6.54 Å². The molecule has 0 saturated carbocycles. The van der Waals surface area contributed by atoms with Gasteiger partial charge in [0.2, 0.25) is 0 Å². The molecule has 632 valence electrons. The van der Waals surface area contributed by atoms with Gasteiger partial charge in [0.25, 0.3) is 11.9 Å². The highest BCUT2D eigenvalue weighted by atomic mass is 35.5. The normalized spacial score (nSPS) is 42.9. The summed E-state index contributed by atoms with van der Waals surface area (Å²) in [5.74, 6) is 0.995. The average molecular weight is 1630 g/mol. The minimum Gasteiger partial charge on any atom is -1.00 e. The summed E-state index contributed by atoms with van der Waals surface area (Å²) in [4.78, 5) is 17.8. The van der Waals surface area contributed by atoms with E-state index in [1.807, 2.05) is 0 Å². The molecule has 35 atom stereocenters. The molecule has 21 aliphatic heterocycles. The van der Waals surface area contributed by atoms with Crippen LogP contribution in [0.3, 0.4) is 0 Å². The van der Waals surface area contributed by atoms with Crippen LogP contribution in [-0.2, 0) is 66.3 Å². The summed E-state index contributed by atoms with van der Waals surface area (Å²) in [5.41, 5.74) is 33.5. The number of nitrogens with zero attached hydrogens (tertiary/aromatic N) is 4. The van der Waals surface area contributed by atoms with Crippen LogP contribution in [0.1, 0.15) is 25.7 Å². The number of guanidine groups is 4. The van der Waals surface area contributed by atoms with Crippen molar-refractivity contribution in [3.8, 4) is 6.07 Å². The molecule has 21 aliphatic rings. The number of nitrogens with two attached hydrogens (primary N) is 6. The smallest absolute Gasteiger partial charge is 0.348 e. The van der Waals surface area contributed by atoms with Crippen LogP contribution >= 0.6 is 0 Å². The van der Waals surface area contributed by atoms with E-state index in [1.165, 1.54) is 0 Å². The second-order valence-electron chi connectivity index (χ2n) is 25.7. The molecule has 0 aromatic carbocycles. The van der Waals surface area contributed by atoms with Crippen LogP contribution < -0.4 is 79.8 Å². The number of hydrogen-bond acceptors (Lipinski definition) is 40. The summed E-state index contributed by atoms with van der Waals surface area (Å²) in [7, 11) is 0. The molecule has 109 heavy (non-hydrogen) atoms. The number of amidine groups is 1. The van der Waals surface area contributed by atoms with Crippen molar-refractivity contribution in [1.82, 2.24) is 10.6 Å². The Balaban J connectivity index is 0.000000564. The first-order valence-electron chi connectivity index (χ1n) is 34.3. The summed E-state index contributed by atoms with van der Waals surface area (Å²) >= 11 is 0. The largest absolute Gasteiger partial charge is 1.00 e.